The molecule has 0 fully saturated rings. The molecule has 0 saturated heterocycles. The number of amides is 1. The normalized spacial score (nSPS) is 10.5. The lowest BCUT2D eigenvalue weighted by molar-refractivity contribution is 0.0787. The largest absolute Gasteiger partial charge is 0.340 e. The average Bonchev–Trinajstić information content (AvgIpc) is 2.61. The van der Waals surface area contributed by atoms with E-state index in [0.717, 1.165) is 37.1 Å². The standard InChI is InChI=1S/C19H26N4O/c1-5-7-13-23(4)18(24)16-11-12-20-19(21-16)22-17-14(3)9-8-10-15(17)6-2/h8-12H,5-7,13H2,1-4H3,(H,20,21,22). The summed E-state index contributed by atoms with van der Waals surface area (Å²) in [4.78, 5) is 22.8. The van der Waals surface area contributed by atoms with E-state index in [2.05, 4.69) is 48.2 Å². The van der Waals surface area contributed by atoms with Gasteiger partial charge in [0, 0.05) is 25.5 Å². The number of hydrogen-bond donors (Lipinski definition) is 1. The Labute approximate surface area is 144 Å². The van der Waals surface area contributed by atoms with E-state index in [-0.39, 0.29) is 5.91 Å². The van der Waals surface area contributed by atoms with Gasteiger partial charge in [-0.2, -0.15) is 0 Å². The lowest BCUT2D eigenvalue weighted by Gasteiger charge is -2.17. The molecule has 2 rings (SSSR count). The van der Waals surface area contributed by atoms with Crippen molar-refractivity contribution in [1.82, 2.24) is 14.9 Å². The van der Waals surface area contributed by atoms with Crippen molar-refractivity contribution in [3.63, 3.8) is 0 Å². The first kappa shape index (κ1) is 17.9. The third-order valence-electron chi connectivity index (χ3n) is 4.05. The summed E-state index contributed by atoms with van der Waals surface area (Å²) in [6.45, 7) is 7.01. The maximum Gasteiger partial charge on any atom is 0.272 e. The number of nitrogens with one attached hydrogen (secondary N) is 1. The molecule has 1 amide bonds. The van der Waals surface area contributed by atoms with E-state index in [1.165, 1.54) is 5.56 Å². The molecule has 0 aliphatic rings. The number of carbonyl (C=O) groups is 1. The van der Waals surface area contributed by atoms with Crippen LogP contribution in [0.3, 0.4) is 0 Å². The molecule has 1 N–H and O–H groups in total. The van der Waals surface area contributed by atoms with Crippen molar-refractivity contribution in [2.75, 3.05) is 18.9 Å². The van der Waals surface area contributed by atoms with Gasteiger partial charge < -0.3 is 10.2 Å². The van der Waals surface area contributed by atoms with Gasteiger partial charge in [-0.15, -0.1) is 0 Å². The van der Waals surface area contributed by atoms with Crippen LogP contribution in [-0.2, 0) is 6.42 Å². The number of aryl methyl sites for hydroxylation is 2. The first-order valence-corrected chi connectivity index (χ1v) is 8.50. The van der Waals surface area contributed by atoms with E-state index < -0.39 is 0 Å². The van der Waals surface area contributed by atoms with Crippen molar-refractivity contribution in [2.45, 2.75) is 40.0 Å². The van der Waals surface area contributed by atoms with Crippen LogP contribution in [0.4, 0.5) is 11.6 Å². The van der Waals surface area contributed by atoms with Gasteiger partial charge in [0.15, 0.2) is 0 Å². The van der Waals surface area contributed by atoms with Gasteiger partial charge in [0.05, 0.1) is 0 Å². The predicted octanol–water partition coefficient (Wildman–Crippen LogP) is 3.96. The summed E-state index contributed by atoms with van der Waals surface area (Å²) in [5.74, 6) is 0.378. The van der Waals surface area contributed by atoms with E-state index in [0.29, 0.717) is 11.6 Å². The van der Waals surface area contributed by atoms with Crippen molar-refractivity contribution in [3.8, 4) is 0 Å². The summed E-state index contributed by atoms with van der Waals surface area (Å²) in [6.07, 6.45) is 4.59. The Morgan fingerprint density at radius 1 is 1.25 bits per heavy atom. The Bertz CT molecular complexity index is 700. The number of hydrogen-bond acceptors (Lipinski definition) is 4. The number of rotatable bonds is 7. The molecule has 0 unspecified atom stereocenters. The number of nitrogens with zero attached hydrogens (tertiary/aromatic N) is 3. The zero-order chi connectivity index (χ0) is 17.5. The lowest BCUT2D eigenvalue weighted by Crippen LogP contribution is -2.28. The molecular weight excluding hydrogens is 300 g/mol. The monoisotopic (exact) mass is 326 g/mol. The summed E-state index contributed by atoms with van der Waals surface area (Å²) in [5, 5.41) is 3.28. The van der Waals surface area contributed by atoms with Crippen molar-refractivity contribution < 1.29 is 4.79 Å². The fraction of sp³-hybridized carbons (Fsp3) is 0.421. The number of anilines is 2. The summed E-state index contributed by atoms with van der Waals surface area (Å²) in [6, 6.07) is 7.84. The second-order valence-electron chi connectivity index (χ2n) is 5.93. The minimum Gasteiger partial charge on any atom is -0.340 e. The van der Waals surface area contributed by atoms with Gasteiger partial charge in [0.1, 0.15) is 5.69 Å². The Morgan fingerprint density at radius 3 is 2.75 bits per heavy atom. The Morgan fingerprint density at radius 2 is 2.04 bits per heavy atom. The third-order valence-corrected chi connectivity index (χ3v) is 4.05. The van der Waals surface area contributed by atoms with Crippen LogP contribution in [0.1, 0.15) is 48.3 Å². The minimum atomic E-state index is -0.0746. The molecule has 2 aromatic rings. The molecule has 5 heteroatoms. The van der Waals surface area contributed by atoms with E-state index >= 15 is 0 Å². The zero-order valence-corrected chi connectivity index (χ0v) is 15.0. The Kier molecular flexibility index (Phi) is 6.29. The van der Waals surface area contributed by atoms with Crippen molar-refractivity contribution in [1.29, 1.82) is 0 Å². The van der Waals surface area contributed by atoms with Gasteiger partial charge >= 0.3 is 0 Å². The Balaban J connectivity index is 2.21. The molecule has 0 radical (unpaired) electrons. The molecule has 0 spiro atoms. The SMILES string of the molecule is CCCCN(C)C(=O)c1ccnc(Nc2c(C)cccc2CC)n1. The van der Waals surface area contributed by atoms with Gasteiger partial charge in [-0.25, -0.2) is 9.97 Å². The predicted molar refractivity (Wildman–Crippen MR) is 97.7 cm³/mol. The maximum absolute atomic E-state index is 12.5. The van der Waals surface area contributed by atoms with Crippen LogP contribution in [0.25, 0.3) is 0 Å². The summed E-state index contributed by atoms with van der Waals surface area (Å²) in [5.41, 5.74) is 3.77. The van der Waals surface area contributed by atoms with Crippen molar-refractivity contribution in [2.24, 2.45) is 0 Å². The lowest BCUT2D eigenvalue weighted by atomic mass is 10.1. The van der Waals surface area contributed by atoms with E-state index in [9.17, 15) is 4.79 Å². The molecule has 1 heterocycles. The Hall–Kier alpha value is -2.43. The molecule has 0 aliphatic carbocycles. The number of carbonyl (C=O) groups excluding carboxylic acids is 1. The highest BCUT2D eigenvalue weighted by atomic mass is 16.2. The summed E-state index contributed by atoms with van der Waals surface area (Å²) < 4.78 is 0. The maximum atomic E-state index is 12.5. The highest BCUT2D eigenvalue weighted by Crippen LogP contribution is 2.23. The van der Waals surface area contributed by atoms with Gasteiger partial charge in [-0.05, 0) is 37.0 Å². The van der Waals surface area contributed by atoms with Crippen LogP contribution in [-0.4, -0.2) is 34.4 Å². The van der Waals surface area contributed by atoms with Gasteiger partial charge in [0.25, 0.3) is 5.91 Å². The molecule has 0 aliphatic heterocycles. The van der Waals surface area contributed by atoms with Gasteiger partial charge in [-0.3, -0.25) is 4.79 Å². The smallest absolute Gasteiger partial charge is 0.272 e. The molecular formula is C19H26N4O. The first-order chi connectivity index (χ1) is 11.6. The molecule has 0 bridgehead atoms. The van der Waals surface area contributed by atoms with Crippen LogP contribution < -0.4 is 5.32 Å². The average molecular weight is 326 g/mol. The van der Waals surface area contributed by atoms with Gasteiger partial charge in [0.2, 0.25) is 5.95 Å². The second-order valence-corrected chi connectivity index (χ2v) is 5.93. The van der Waals surface area contributed by atoms with Crippen molar-refractivity contribution in [3.05, 3.63) is 47.3 Å². The second kappa shape index (κ2) is 8.43. The molecule has 128 valence electrons. The minimum absolute atomic E-state index is 0.0746. The van der Waals surface area contributed by atoms with Crippen LogP contribution in [0.2, 0.25) is 0 Å². The third kappa shape index (κ3) is 4.31. The quantitative estimate of drug-likeness (QED) is 0.836. The first-order valence-electron chi connectivity index (χ1n) is 8.50. The molecule has 5 nitrogen and oxygen atoms in total. The topological polar surface area (TPSA) is 58.1 Å². The van der Waals surface area contributed by atoms with E-state index in [4.69, 9.17) is 0 Å². The van der Waals surface area contributed by atoms with E-state index in [1.54, 1.807) is 17.2 Å². The van der Waals surface area contributed by atoms with Crippen LogP contribution in [0, 0.1) is 6.92 Å². The molecule has 0 saturated carbocycles. The number of benzene rings is 1. The fourth-order valence-electron chi connectivity index (χ4n) is 2.54. The highest BCUT2D eigenvalue weighted by Gasteiger charge is 2.14. The van der Waals surface area contributed by atoms with Crippen molar-refractivity contribution >= 4 is 17.5 Å². The molecule has 1 aromatic carbocycles. The highest BCUT2D eigenvalue weighted by molar-refractivity contribution is 5.92. The zero-order valence-electron chi connectivity index (χ0n) is 15.0. The van der Waals surface area contributed by atoms with Gasteiger partial charge in [-0.1, -0.05) is 38.5 Å². The molecule has 1 aromatic heterocycles. The summed E-state index contributed by atoms with van der Waals surface area (Å²) in [7, 11) is 1.81. The number of unbranched alkanes of at least 4 members (excludes halogenated alkanes) is 1. The van der Waals surface area contributed by atoms with Crippen LogP contribution in [0.5, 0.6) is 0 Å². The number of para-hydroxylation sites is 1. The number of aromatic nitrogens is 2. The van der Waals surface area contributed by atoms with E-state index in [1.807, 2.05) is 13.1 Å². The summed E-state index contributed by atoms with van der Waals surface area (Å²) >= 11 is 0. The van der Waals surface area contributed by atoms with Crippen LogP contribution >= 0.6 is 0 Å². The molecule has 0 atom stereocenters. The molecule has 24 heavy (non-hydrogen) atoms. The van der Waals surface area contributed by atoms with Crippen LogP contribution in [0.15, 0.2) is 30.5 Å². The fourth-order valence-corrected chi connectivity index (χ4v) is 2.54.